The zero-order valence-electron chi connectivity index (χ0n) is 7.96. The highest BCUT2D eigenvalue weighted by Crippen LogP contribution is 2.15. The Kier molecular flexibility index (Phi) is 4.58. The van der Waals surface area contributed by atoms with Crippen LogP contribution < -0.4 is 5.73 Å². The number of nitrogens with zero attached hydrogens (tertiary/aromatic N) is 1. The van der Waals surface area contributed by atoms with E-state index in [9.17, 15) is 0 Å². The van der Waals surface area contributed by atoms with Gasteiger partial charge in [0.2, 0.25) is 0 Å². The molecule has 3 heteroatoms. The van der Waals surface area contributed by atoms with Gasteiger partial charge in [-0.3, -0.25) is 0 Å². The van der Waals surface area contributed by atoms with Crippen LogP contribution in [0.1, 0.15) is 12.8 Å². The summed E-state index contributed by atoms with van der Waals surface area (Å²) in [7, 11) is 1.78. The molecule has 0 aromatic rings. The predicted octanol–water partition coefficient (Wildman–Crippen LogP) is 0.304. The van der Waals surface area contributed by atoms with E-state index >= 15 is 0 Å². The quantitative estimate of drug-likeness (QED) is 0.663. The summed E-state index contributed by atoms with van der Waals surface area (Å²) in [6.45, 7) is 5.11. The third-order valence-corrected chi connectivity index (χ3v) is 2.45. The maximum atomic E-state index is 5.51. The van der Waals surface area contributed by atoms with E-state index in [4.69, 9.17) is 10.5 Å². The lowest BCUT2D eigenvalue weighted by Crippen LogP contribution is -2.39. The van der Waals surface area contributed by atoms with Gasteiger partial charge < -0.3 is 15.4 Å². The molecule has 1 aliphatic heterocycles. The van der Waals surface area contributed by atoms with Crippen LogP contribution in [-0.4, -0.2) is 44.8 Å². The molecular weight excluding hydrogens is 152 g/mol. The van der Waals surface area contributed by atoms with Gasteiger partial charge in [-0.1, -0.05) is 0 Å². The summed E-state index contributed by atoms with van der Waals surface area (Å²) < 4.78 is 5.15. The molecule has 1 fully saturated rings. The van der Waals surface area contributed by atoms with E-state index in [1.54, 1.807) is 7.11 Å². The van der Waals surface area contributed by atoms with Crippen LogP contribution in [0.15, 0.2) is 0 Å². The van der Waals surface area contributed by atoms with E-state index in [0.717, 1.165) is 25.6 Å². The van der Waals surface area contributed by atoms with Crippen LogP contribution in [0.4, 0.5) is 0 Å². The molecule has 1 rings (SSSR count). The summed E-state index contributed by atoms with van der Waals surface area (Å²) in [5.41, 5.74) is 5.51. The van der Waals surface area contributed by atoms with Gasteiger partial charge in [-0.25, -0.2) is 0 Å². The van der Waals surface area contributed by atoms with Gasteiger partial charge in [-0.2, -0.15) is 0 Å². The molecule has 0 aromatic heterocycles. The van der Waals surface area contributed by atoms with Crippen molar-refractivity contribution in [3.63, 3.8) is 0 Å². The molecule has 0 saturated carbocycles. The average Bonchev–Trinajstić information content (AvgIpc) is 2.06. The van der Waals surface area contributed by atoms with Gasteiger partial charge in [0.05, 0.1) is 6.61 Å². The van der Waals surface area contributed by atoms with Crippen molar-refractivity contribution < 1.29 is 4.74 Å². The Hall–Kier alpha value is -0.120. The largest absolute Gasteiger partial charge is 0.384 e. The summed E-state index contributed by atoms with van der Waals surface area (Å²) in [4.78, 5) is 2.44. The van der Waals surface area contributed by atoms with Gasteiger partial charge in [-0.05, 0) is 25.3 Å². The lowest BCUT2D eigenvalue weighted by Gasteiger charge is -2.31. The molecule has 1 heterocycles. The van der Waals surface area contributed by atoms with Crippen LogP contribution in [-0.2, 0) is 4.74 Å². The summed E-state index contributed by atoms with van der Waals surface area (Å²) >= 11 is 0. The zero-order chi connectivity index (χ0) is 8.81. The second-order valence-corrected chi connectivity index (χ2v) is 3.55. The van der Waals surface area contributed by atoms with E-state index in [1.165, 1.54) is 25.9 Å². The number of rotatable bonds is 4. The third-order valence-electron chi connectivity index (χ3n) is 2.45. The van der Waals surface area contributed by atoms with Crippen LogP contribution >= 0.6 is 0 Å². The number of piperidine rings is 1. The first-order valence-corrected chi connectivity index (χ1v) is 4.78. The Morgan fingerprint density at radius 3 is 3.08 bits per heavy atom. The van der Waals surface area contributed by atoms with E-state index in [1.807, 2.05) is 0 Å². The van der Waals surface area contributed by atoms with Gasteiger partial charge in [0.25, 0.3) is 0 Å². The van der Waals surface area contributed by atoms with Crippen molar-refractivity contribution in [3.8, 4) is 0 Å². The SMILES string of the molecule is COC[C@@H]1CCCN(CCN)C1. The van der Waals surface area contributed by atoms with Gasteiger partial charge in [0.1, 0.15) is 0 Å². The monoisotopic (exact) mass is 172 g/mol. The second kappa shape index (κ2) is 5.51. The van der Waals surface area contributed by atoms with Gasteiger partial charge in [0.15, 0.2) is 0 Å². The fourth-order valence-electron chi connectivity index (χ4n) is 1.91. The molecule has 3 nitrogen and oxygen atoms in total. The summed E-state index contributed by atoms with van der Waals surface area (Å²) in [6.07, 6.45) is 2.61. The minimum Gasteiger partial charge on any atom is -0.384 e. The number of likely N-dealkylation sites (tertiary alicyclic amines) is 1. The summed E-state index contributed by atoms with van der Waals surface area (Å²) in [6, 6.07) is 0. The van der Waals surface area contributed by atoms with Crippen molar-refractivity contribution in [3.05, 3.63) is 0 Å². The molecule has 12 heavy (non-hydrogen) atoms. The van der Waals surface area contributed by atoms with Crippen LogP contribution in [0.5, 0.6) is 0 Å². The van der Waals surface area contributed by atoms with Gasteiger partial charge in [0, 0.05) is 26.7 Å². The Balaban J connectivity index is 2.20. The van der Waals surface area contributed by atoms with Crippen molar-refractivity contribution in [1.29, 1.82) is 0 Å². The first kappa shape index (κ1) is 9.96. The highest BCUT2D eigenvalue weighted by Gasteiger charge is 2.18. The van der Waals surface area contributed by atoms with E-state index in [2.05, 4.69) is 4.90 Å². The maximum absolute atomic E-state index is 5.51. The van der Waals surface area contributed by atoms with E-state index in [-0.39, 0.29) is 0 Å². The number of nitrogens with two attached hydrogens (primary N) is 1. The van der Waals surface area contributed by atoms with Crippen molar-refractivity contribution in [1.82, 2.24) is 4.90 Å². The Bertz CT molecular complexity index is 103. The number of ether oxygens (including phenoxy) is 1. The molecule has 0 bridgehead atoms. The molecule has 0 radical (unpaired) electrons. The van der Waals surface area contributed by atoms with Crippen molar-refractivity contribution in [2.75, 3.05) is 39.9 Å². The predicted molar refractivity (Wildman–Crippen MR) is 50.1 cm³/mol. The first-order chi connectivity index (χ1) is 5.86. The lowest BCUT2D eigenvalue weighted by molar-refractivity contribution is 0.0921. The van der Waals surface area contributed by atoms with Crippen molar-refractivity contribution >= 4 is 0 Å². The lowest BCUT2D eigenvalue weighted by atomic mass is 9.99. The molecule has 1 atom stereocenters. The molecule has 1 saturated heterocycles. The highest BCUT2D eigenvalue weighted by atomic mass is 16.5. The van der Waals surface area contributed by atoms with Crippen LogP contribution in [0.2, 0.25) is 0 Å². The third kappa shape index (κ3) is 3.09. The zero-order valence-corrected chi connectivity index (χ0v) is 7.96. The van der Waals surface area contributed by atoms with Gasteiger partial charge >= 0.3 is 0 Å². The molecule has 0 unspecified atom stereocenters. The minimum atomic E-state index is 0.732. The Labute approximate surface area is 74.9 Å². The second-order valence-electron chi connectivity index (χ2n) is 3.55. The summed E-state index contributed by atoms with van der Waals surface area (Å²) in [5, 5.41) is 0. The normalized spacial score (nSPS) is 26.0. The highest BCUT2D eigenvalue weighted by molar-refractivity contribution is 4.72. The Morgan fingerprint density at radius 2 is 2.42 bits per heavy atom. The van der Waals surface area contributed by atoms with Gasteiger partial charge in [-0.15, -0.1) is 0 Å². The molecule has 1 aliphatic rings. The number of hydrogen-bond acceptors (Lipinski definition) is 3. The molecule has 0 amide bonds. The molecular formula is C9H20N2O. The Morgan fingerprint density at radius 1 is 1.58 bits per heavy atom. The first-order valence-electron chi connectivity index (χ1n) is 4.78. The molecule has 0 aliphatic carbocycles. The smallest absolute Gasteiger partial charge is 0.0502 e. The van der Waals surface area contributed by atoms with E-state index in [0.29, 0.717) is 0 Å². The van der Waals surface area contributed by atoms with Crippen LogP contribution in [0.3, 0.4) is 0 Å². The molecule has 0 aromatic carbocycles. The maximum Gasteiger partial charge on any atom is 0.0502 e. The topological polar surface area (TPSA) is 38.5 Å². The standard InChI is InChI=1S/C9H20N2O/c1-12-8-9-3-2-5-11(7-9)6-4-10/h9H,2-8,10H2,1H3/t9-/m1/s1. The number of methoxy groups -OCH3 is 1. The number of hydrogen-bond donors (Lipinski definition) is 1. The van der Waals surface area contributed by atoms with Crippen LogP contribution in [0.25, 0.3) is 0 Å². The van der Waals surface area contributed by atoms with E-state index < -0.39 is 0 Å². The fraction of sp³-hybridized carbons (Fsp3) is 1.00. The van der Waals surface area contributed by atoms with Crippen molar-refractivity contribution in [2.45, 2.75) is 12.8 Å². The van der Waals surface area contributed by atoms with Crippen LogP contribution in [0, 0.1) is 5.92 Å². The van der Waals surface area contributed by atoms with Crippen molar-refractivity contribution in [2.24, 2.45) is 11.7 Å². The molecule has 2 N–H and O–H groups in total. The summed E-state index contributed by atoms with van der Waals surface area (Å²) in [5.74, 6) is 0.732. The molecule has 0 spiro atoms. The fourth-order valence-corrected chi connectivity index (χ4v) is 1.91. The minimum absolute atomic E-state index is 0.732. The molecule has 72 valence electrons. The average molecular weight is 172 g/mol.